The smallest absolute Gasteiger partial charge is 0.248 e. The predicted molar refractivity (Wildman–Crippen MR) is 133 cm³/mol. The van der Waals surface area contributed by atoms with Crippen molar-refractivity contribution in [1.29, 1.82) is 0 Å². The molecule has 1 unspecified atom stereocenters. The van der Waals surface area contributed by atoms with Crippen LogP contribution in [0.1, 0.15) is 36.2 Å². The Balaban J connectivity index is 1.30. The molecule has 1 amide bonds. The first-order valence-electron chi connectivity index (χ1n) is 11.3. The summed E-state index contributed by atoms with van der Waals surface area (Å²) in [6.07, 6.45) is 1.10. The lowest BCUT2D eigenvalue weighted by atomic mass is 9.94. The van der Waals surface area contributed by atoms with Gasteiger partial charge in [0, 0.05) is 33.9 Å². The molecule has 172 valence electrons. The maximum absolute atomic E-state index is 11.2. The summed E-state index contributed by atoms with van der Waals surface area (Å²) in [5, 5.41) is 16.1. The number of nitrogens with one attached hydrogen (secondary N) is 2. The van der Waals surface area contributed by atoms with Crippen LogP contribution in [0.25, 0.3) is 21.8 Å². The molecular formula is C27H31N3O3. The van der Waals surface area contributed by atoms with E-state index >= 15 is 0 Å². The standard InChI is InChI=1S/C27H31N3O3/c1-27(2,15-14-18-10-12-19(13-11-18)26(28)32)29-16-20(31)17-33-24-9-5-8-23-25(24)21-6-3-4-7-22(21)30-23/h3-13,20,29-31H,14-17H2,1-2H3,(H2,28,32). The summed E-state index contributed by atoms with van der Waals surface area (Å²) in [6, 6.07) is 21.5. The zero-order valence-electron chi connectivity index (χ0n) is 19.1. The Bertz CT molecular complexity index is 1240. The van der Waals surface area contributed by atoms with Gasteiger partial charge in [-0.3, -0.25) is 4.79 Å². The number of amides is 1. The lowest BCUT2D eigenvalue weighted by Gasteiger charge is -2.28. The number of ether oxygens (including phenoxy) is 1. The molecule has 0 saturated heterocycles. The fourth-order valence-electron chi connectivity index (χ4n) is 4.01. The van der Waals surface area contributed by atoms with E-state index in [1.807, 2.05) is 48.5 Å². The molecule has 0 saturated carbocycles. The molecule has 0 bridgehead atoms. The zero-order chi connectivity index (χ0) is 23.4. The van der Waals surface area contributed by atoms with Gasteiger partial charge in [0.05, 0.1) is 5.52 Å². The van der Waals surface area contributed by atoms with Crippen LogP contribution in [0.2, 0.25) is 0 Å². The second-order valence-corrected chi connectivity index (χ2v) is 9.14. The zero-order valence-corrected chi connectivity index (χ0v) is 19.1. The van der Waals surface area contributed by atoms with Crippen LogP contribution in [0.15, 0.2) is 66.7 Å². The highest BCUT2D eigenvalue weighted by Crippen LogP contribution is 2.33. The lowest BCUT2D eigenvalue weighted by Crippen LogP contribution is -2.45. The van der Waals surface area contributed by atoms with Gasteiger partial charge in [0.25, 0.3) is 0 Å². The molecular weight excluding hydrogens is 414 g/mol. The topological polar surface area (TPSA) is 100 Å². The number of benzene rings is 3. The maximum atomic E-state index is 11.2. The van der Waals surface area contributed by atoms with Crippen LogP contribution >= 0.6 is 0 Å². The number of aliphatic hydroxyl groups excluding tert-OH is 1. The third-order valence-corrected chi connectivity index (χ3v) is 6.02. The third kappa shape index (κ3) is 5.53. The van der Waals surface area contributed by atoms with Crippen molar-refractivity contribution < 1.29 is 14.6 Å². The number of nitrogens with two attached hydrogens (primary N) is 1. The van der Waals surface area contributed by atoms with Gasteiger partial charge in [0.1, 0.15) is 18.5 Å². The van der Waals surface area contributed by atoms with Crippen molar-refractivity contribution in [2.45, 2.75) is 38.3 Å². The van der Waals surface area contributed by atoms with Gasteiger partial charge < -0.3 is 25.9 Å². The van der Waals surface area contributed by atoms with Crippen LogP contribution in [-0.4, -0.2) is 40.8 Å². The minimum Gasteiger partial charge on any atom is -0.490 e. The van der Waals surface area contributed by atoms with E-state index in [0.29, 0.717) is 12.1 Å². The molecule has 0 fully saturated rings. The fraction of sp³-hybridized carbons (Fsp3) is 0.296. The van der Waals surface area contributed by atoms with Crippen molar-refractivity contribution in [3.05, 3.63) is 77.9 Å². The lowest BCUT2D eigenvalue weighted by molar-refractivity contribution is 0.0989. The number of hydrogen-bond donors (Lipinski definition) is 4. The predicted octanol–water partition coefficient (Wildman–Crippen LogP) is 4.16. The summed E-state index contributed by atoms with van der Waals surface area (Å²) in [4.78, 5) is 14.6. The Morgan fingerprint density at radius 2 is 1.79 bits per heavy atom. The minimum atomic E-state index is -0.639. The third-order valence-electron chi connectivity index (χ3n) is 6.02. The van der Waals surface area contributed by atoms with Crippen LogP contribution in [0.3, 0.4) is 0 Å². The van der Waals surface area contributed by atoms with Crippen LogP contribution < -0.4 is 15.8 Å². The Labute approximate surface area is 193 Å². The number of fused-ring (bicyclic) bond motifs is 3. The van der Waals surface area contributed by atoms with Crippen LogP contribution in [0.5, 0.6) is 5.75 Å². The van der Waals surface area contributed by atoms with E-state index in [2.05, 4.69) is 30.2 Å². The second-order valence-electron chi connectivity index (χ2n) is 9.14. The van der Waals surface area contributed by atoms with Gasteiger partial charge >= 0.3 is 0 Å². The highest BCUT2D eigenvalue weighted by molar-refractivity contribution is 6.10. The van der Waals surface area contributed by atoms with Gasteiger partial charge in [-0.05, 0) is 62.6 Å². The number of aromatic nitrogens is 1. The molecule has 4 aromatic rings. The Kier molecular flexibility index (Phi) is 6.67. The van der Waals surface area contributed by atoms with Crippen molar-refractivity contribution in [3.8, 4) is 5.75 Å². The largest absolute Gasteiger partial charge is 0.490 e. The normalized spacial score (nSPS) is 12.8. The van der Waals surface area contributed by atoms with Crippen molar-refractivity contribution in [2.75, 3.05) is 13.2 Å². The van der Waals surface area contributed by atoms with E-state index in [4.69, 9.17) is 10.5 Å². The average molecular weight is 446 g/mol. The van der Waals surface area contributed by atoms with Gasteiger partial charge in [-0.15, -0.1) is 0 Å². The first-order chi connectivity index (χ1) is 15.8. The Morgan fingerprint density at radius 3 is 2.55 bits per heavy atom. The highest BCUT2D eigenvalue weighted by Gasteiger charge is 2.19. The number of β-amino-alcohol motifs (C(OH)–C–C–N with tert-alkyl or cyclic N) is 1. The fourth-order valence-corrected chi connectivity index (χ4v) is 4.01. The van der Waals surface area contributed by atoms with Gasteiger partial charge in [0.15, 0.2) is 0 Å². The number of aromatic amines is 1. The number of aliphatic hydroxyl groups is 1. The number of primary amides is 1. The summed E-state index contributed by atoms with van der Waals surface area (Å²) in [5.74, 6) is 0.350. The first-order valence-corrected chi connectivity index (χ1v) is 11.3. The highest BCUT2D eigenvalue weighted by atomic mass is 16.5. The molecule has 1 heterocycles. The number of rotatable bonds is 10. The van der Waals surface area contributed by atoms with Crippen LogP contribution in [-0.2, 0) is 6.42 Å². The molecule has 0 aliphatic rings. The summed E-state index contributed by atoms with van der Waals surface area (Å²) < 4.78 is 6.02. The van der Waals surface area contributed by atoms with E-state index in [0.717, 1.165) is 46.0 Å². The molecule has 1 aromatic heterocycles. The van der Waals surface area contributed by atoms with Crippen LogP contribution in [0, 0.1) is 0 Å². The number of aryl methyl sites for hydroxylation is 1. The average Bonchev–Trinajstić information content (AvgIpc) is 3.20. The molecule has 6 heteroatoms. The van der Waals surface area contributed by atoms with Crippen molar-refractivity contribution in [3.63, 3.8) is 0 Å². The number of carbonyl (C=O) groups is 1. The molecule has 3 aromatic carbocycles. The minimum absolute atomic E-state index is 0.166. The number of carbonyl (C=O) groups excluding carboxylic acids is 1. The van der Waals surface area contributed by atoms with Gasteiger partial charge in [-0.1, -0.05) is 36.4 Å². The number of hydrogen-bond acceptors (Lipinski definition) is 4. The van der Waals surface area contributed by atoms with E-state index in [1.165, 1.54) is 0 Å². The van der Waals surface area contributed by atoms with Gasteiger partial charge in [-0.2, -0.15) is 0 Å². The van der Waals surface area contributed by atoms with E-state index in [-0.39, 0.29) is 12.1 Å². The van der Waals surface area contributed by atoms with Crippen LogP contribution in [0.4, 0.5) is 0 Å². The number of H-pyrrole nitrogens is 1. The SMILES string of the molecule is CC(C)(CCc1ccc(C(N)=O)cc1)NCC(O)COc1cccc2[nH]c3ccccc3c12. The van der Waals surface area contributed by atoms with Gasteiger partial charge in [-0.25, -0.2) is 0 Å². The summed E-state index contributed by atoms with van der Waals surface area (Å²) >= 11 is 0. The Hall–Kier alpha value is -3.35. The maximum Gasteiger partial charge on any atom is 0.248 e. The molecule has 0 radical (unpaired) electrons. The molecule has 0 aliphatic heterocycles. The molecule has 4 rings (SSSR count). The Morgan fingerprint density at radius 1 is 1.06 bits per heavy atom. The van der Waals surface area contributed by atoms with Crippen molar-refractivity contribution >= 4 is 27.7 Å². The molecule has 33 heavy (non-hydrogen) atoms. The molecule has 1 atom stereocenters. The monoisotopic (exact) mass is 445 g/mol. The number of para-hydroxylation sites is 1. The van der Waals surface area contributed by atoms with Gasteiger partial charge in [0.2, 0.25) is 5.91 Å². The molecule has 5 N–H and O–H groups in total. The quantitative estimate of drug-likeness (QED) is 0.294. The summed E-state index contributed by atoms with van der Waals surface area (Å²) in [5.41, 5.74) is 8.88. The van der Waals surface area contributed by atoms with E-state index in [1.54, 1.807) is 12.1 Å². The molecule has 0 aliphatic carbocycles. The summed E-state index contributed by atoms with van der Waals surface area (Å²) in [6.45, 7) is 4.86. The van der Waals surface area contributed by atoms with Crippen molar-refractivity contribution in [2.24, 2.45) is 5.73 Å². The molecule has 6 nitrogen and oxygen atoms in total. The molecule has 0 spiro atoms. The summed E-state index contributed by atoms with van der Waals surface area (Å²) in [7, 11) is 0. The van der Waals surface area contributed by atoms with Crippen molar-refractivity contribution in [1.82, 2.24) is 10.3 Å². The van der Waals surface area contributed by atoms with E-state index < -0.39 is 12.0 Å². The first kappa shape index (κ1) is 22.8. The van der Waals surface area contributed by atoms with E-state index in [9.17, 15) is 9.90 Å². The second kappa shape index (κ2) is 9.65.